The summed E-state index contributed by atoms with van der Waals surface area (Å²) in [5, 5.41) is 9.16. The van der Waals surface area contributed by atoms with Crippen LogP contribution in [-0.2, 0) is 0 Å². The first-order valence-electron chi connectivity index (χ1n) is 5.64. The summed E-state index contributed by atoms with van der Waals surface area (Å²) in [6, 6.07) is 3.52. The molecule has 1 saturated carbocycles. The monoisotopic (exact) mass is 207 g/mol. The summed E-state index contributed by atoms with van der Waals surface area (Å²) in [4.78, 5) is 0. The van der Waals surface area contributed by atoms with Crippen LogP contribution in [0.3, 0.4) is 0 Å². The minimum absolute atomic E-state index is 1.08. The number of hydrogen-bond donors (Lipinski definition) is 0. The van der Waals surface area contributed by atoms with Gasteiger partial charge in [0.2, 0.25) is 0 Å². The predicted octanol–water partition coefficient (Wildman–Crippen LogP) is 4.11. The molecule has 0 N–H and O–H groups in total. The van der Waals surface area contributed by atoms with Crippen LogP contribution in [0.2, 0.25) is 25.7 Å². The Hall–Kier alpha value is -0.553. The van der Waals surface area contributed by atoms with Crippen molar-refractivity contribution in [2.45, 2.75) is 57.8 Å². The van der Waals surface area contributed by atoms with Gasteiger partial charge < -0.3 is 0 Å². The van der Waals surface area contributed by atoms with Gasteiger partial charge in [0.25, 0.3) is 0 Å². The maximum absolute atomic E-state index is 9.16. The predicted molar refractivity (Wildman–Crippen MR) is 63.9 cm³/mol. The van der Waals surface area contributed by atoms with Gasteiger partial charge in [0.15, 0.2) is 0 Å². The lowest BCUT2D eigenvalue weighted by Gasteiger charge is -2.20. The minimum Gasteiger partial charge on any atom is -0.193 e. The summed E-state index contributed by atoms with van der Waals surface area (Å²) >= 11 is 0. The van der Waals surface area contributed by atoms with Crippen LogP contribution >= 0.6 is 0 Å². The van der Waals surface area contributed by atoms with Crippen LogP contribution in [0.25, 0.3) is 0 Å². The van der Waals surface area contributed by atoms with Gasteiger partial charge >= 0.3 is 0 Å². The van der Waals surface area contributed by atoms with Gasteiger partial charge in [-0.25, -0.2) is 0 Å². The molecule has 14 heavy (non-hydrogen) atoms. The number of nitrogens with zero attached hydrogens (tertiary/aromatic N) is 1. The van der Waals surface area contributed by atoms with E-state index in [1.807, 2.05) is 0 Å². The van der Waals surface area contributed by atoms with Gasteiger partial charge in [-0.1, -0.05) is 31.6 Å². The molecule has 0 amide bonds. The summed E-state index contributed by atoms with van der Waals surface area (Å²) in [7, 11) is -1.11. The topological polar surface area (TPSA) is 23.8 Å². The largest absolute Gasteiger partial charge is 0.193 e. The van der Waals surface area contributed by atoms with Gasteiger partial charge in [-0.05, 0) is 31.7 Å². The summed E-state index contributed by atoms with van der Waals surface area (Å²) in [5.41, 5.74) is 2.60. The second-order valence-corrected chi connectivity index (χ2v) is 11.0. The van der Waals surface area contributed by atoms with E-state index in [4.69, 9.17) is 5.26 Å². The number of nitriles is 1. The van der Waals surface area contributed by atoms with Crippen LogP contribution in [0.1, 0.15) is 32.1 Å². The second-order valence-electron chi connectivity index (χ2n) is 5.49. The van der Waals surface area contributed by atoms with E-state index >= 15 is 0 Å². The quantitative estimate of drug-likeness (QED) is 0.494. The molecule has 0 saturated heterocycles. The molecule has 2 heteroatoms. The molecule has 1 aliphatic carbocycles. The van der Waals surface area contributed by atoms with Crippen LogP contribution in [0.4, 0.5) is 0 Å². The van der Waals surface area contributed by atoms with Crippen molar-refractivity contribution >= 4 is 8.07 Å². The zero-order valence-electron chi connectivity index (χ0n) is 9.69. The molecule has 0 spiro atoms. The van der Waals surface area contributed by atoms with E-state index in [0.717, 1.165) is 11.6 Å². The molecule has 1 aliphatic rings. The highest BCUT2D eigenvalue weighted by Crippen LogP contribution is 2.29. The summed E-state index contributed by atoms with van der Waals surface area (Å²) < 4.78 is 0. The zero-order valence-corrected chi connectivity index (χ0v) is 10.7. The molecule has 78 valence electrons. The minimum atomic E-state index is -1.11. The van der Waals surface area contributed by atoms with Crippen LogP contribution in [0.5, 0.6) is 0 Å². The van der Waals surface area contributed by atoms with Crippen LogP contribution in [0.15, 0.2) is 11.1 Å². The zero-order chi connectivity index (χ0) is 10.6. The van der Waals surface area contributed by atoms with Crippen molar-refractivity contribution in [2.24, 2.45) is 0 Å². The molecule has 0 radical (unpaired) electrons. The molecule has 1 nitrogen and oxygen atoms in total. The fourth-order valence-electron chi connectivity index (χ4n) is 2.05. The van der Waals surface area contributed by atoms with E-state index in [0.29, 0.717) is 0 Å². The van der Waals surface area contributed by atoms with E-state index in [1.165, 1.54) is 37.7 Å². The third kappa shape index (κ3) is 3.67. The molecule has 0 aromatic carbocycles. The van der Waals surface area contributed by atoms with E-state index in [2.05, 4.69) is 25.7 Å². The van der Waals surface area contributed by atoms with Gasteiger partial charge in [0, 0.05) is 13.6 Å². The molecule has 0 aromatic heterocycles. The Balaban J connectivity index is 2.73. The Morgan fingerprint density at radius 3 is 2.21 bits per heavy atom. The summed E-state index contributed by atoms with van der Waals surface area (Å²) in [6.45, 7) is 7.02. The van der Waals surface area contributed by atoms with Gasteiger partial charge in [0.05, 0.1) is 6.07 Å². The molecule has 0 bridgehead atoms. The third-order valence-electron chi connectivity index (χ3n) is 2.73. The molecule has 0 aromatic rings. The fourth-order valence-corrected chi connectivity index (χ4v) is 3.44. The van der Waals surface area contributed by atoms with Crippen molar-refractivity contribution < 1.29 is 0 Å². The lowest BCUT2D eigenvalue weighted by molar-refractivity contribution is 0.595. The van der Waals surface area contributed by atoms with Crippen LogP contribution < -0.4 is 0 Å². The third-order valence-corrected chi connectivity index (χ3v) is 4.14. The van der Waals surface area contributed by atoms with E-state index < -0.39 is 8.07 Å². The molecule has 0 heterocycles. The lowest BCUT2D eigenvalue weighted by Crippen LogP contribution is -2.20. The van der Waals surface area contributed by atoms with Crippen molar-refractivity contribution in [3.63, 3.8) is 0 Å². The molecule has 0 unspecified atom stereocenters. The Morgan fingerprint density at radius 1 is 1.21 bits per heavy atom. The average molecular weight is 207 g/mol. The van der Waals surface area contributed by atoms with Gasteiger partial charge in [-0.3, -0.25) is 0 Å². The molecule has 0 atom stereocenters. The van der Waals surface area contributed by atoms with Gasteiger partial charge in [-0.15, -0.1) is 0 Å². The molecule has 1 rings (SSSR count). The van der Waals surface area contributed by atoms with Crippen molar-refractivity contribution in [1.29, 1.82) is 5.26 Å². The first-order chi connectivity index (χ1) is 6.53. The van der Waals surface area contributed by atoms with Gasteiger partial charge in [0.1, 0.15) is 0 Å². The number of hydrogen-bond acceptors (Lipinski definition) is 1. The van der Waals surface area contributed by atoms with E-state index in [-0.39, 0.29) is 0 Å². The lowest BCUT2D eigenvalue weighted by atomic mass is 9.92. The normalized spacial score (nSPS) is 17.7. The average Bonchev–Trinajstić information content (AvgIpc) is 2.14. The highest BCUT2D eigenvalue weighted by atomic mass is 28.3. The molecule has 1 fully saturated rings. The highest BCUT2D eigenvalue weighted by molar-refractivity contribution is 6.76. The smallest absolute Gasteiger partial charge is 0.0943 e. The first kappa shape index (κ1) is 11.5. The molecular formula is C12H21NSi. The fraction of sp³-hybridized carbons (Fsp3) is 0.750. The second kappa shape index (κ2) is 4.79. The number of rotatable bonds is 2. The molecular weight excluding hydrogens is 186 g/mol. The molecule has 0 aliphatic heterocycles. The summed E-state index contributed by atoms with van der Waals surface area (Å²) in [5.74, 6) is 0. The Kier molecular flexibility index (Phi) is 3.94. The standard InChI is InChI=1S/C12H21NSi/c1-14(2,3)10-12(9-13)11-7-5-4-6-8-11/h4-8,10H2,1-3H3. The van der Waals surface area contributed by atoms with Crippen molar-refractivity contribution in [2.75, 3.05) is 0 Å². The summed E-state index contributed by atoms with van der Waals surface area (Å²) in [6.07, 6.45) is 6.33. The Morgan fingerprint density at radius 2 is 1.79 bits per heavy atom. The van der Waals surface area contributed by atoms with E-state index in [1.54, 1.807) is 0 Å². The van der Waals surface area contributed by atoms with Crippen molar-refractivity contribution in [3.05, 3.63) is 11.1 Å². The maximum Gasteiger partial charge on any atom is 0.0943 e. The maximum atomic E-state index is 9.16. The van der Waals surface area contributed by atoms with E-state index in [9.17, 15) is 0 Å². The first-order valence-corrected chi connectivity index (χ1v) is 9.34. The Bertz CT molecular complexity index is 257. The SMILES string of the molecule is C[Si](C)(C)CC(C#N)=C1CCCCC1. The van der Waals surface area contributed by atoms with Crippen molar-refractivity contribution in [1.82, 2.24) is 0 Å². The highest BCUT2D eigenvalue weighted by Gasteiger charge is 2.19. The number of allylic oxidation sites excluding steroid dienone is 2. The van der Waals surface area contributed by atoms with Gasteiger partial charge in [-0.2, -0.15) is 5.26 Å². The van der Waals surface area contributed by atoms with Crippen LogP contribution in [-0.4, -0.2) is 8.07 Å². The van der Waals surface area contributed by atoms with Crippen LogP contribution in [0, 0.1) is 11.3 Å². The van der Waals surface area contributed by atoms with Crippen molar-refractivity contribution in [3.8, 4) is 6.07 Å². The Labute approximate surface area is 88.8 Å².